The fourth-order valence-electron chi connectivity index (χ4n) is 1.14. The van der Waals surface area contributed by atoms with Crippen LogP contribution in [0.15, 0.2) is 12.4 Å². The largest absolute Gasteiger partial charge is 0.480 e. The Morgan fingerprint density at radius 2 is 2.27 bits per heavy atom. The van der Waals surface area contributed by atoms with Crippen molar-refractivity contribution in [2.75, 3.05) is 13.6 Å². The SMILES string of the molecule is CCn1cc(C(=O)N(C)CC(=O)O)cn1. The van der Waals surface area contributed by atoms with E-state index in [4.69, 9.17) is 5.11 Å². The summed E-state index contributed by atoms with van der Waals surface area (Å²) < 4.78 is 1.61. The summed E-state index contributed by atoms with van der Waals surface area (Å²) in [6.07, 6.45) is 3.03. The first-order chi connectivity index (χ1) is 7.04. The number of carbonyl (C=O) groups excluding carboxylic acids is 1. The van der Waals surface area contributed by atoms with Crippen molar-refractivity contribution in [3.8, 4) is 0 Å². The summed E-state index contributed by atoms with van der Waals surface area (Å²) in [4.78, 5) is 23.1. The zero-order valence-electron chi connectivity index (χ0n) is 8.67. The van der Waals surface area contributed by atoms with Crippen molar-refractivity contribution in [2.24, 2.45) is 0 Å². The first-order valence-corrected chi connectivity index (χ1v) is 4.54. The van der Waals surface area contributed by atoms with Crippen molar-refractivity contribution < 1.29 is 14.7 Å². The maximum Gasteiger partial charge on any atom is 0.323 e. The minimum absolute atomic E-state index is 0.309. The summed E-state index contributed by atoms with van der Waals surface area (Å²) in [7, 11) is 1.44. The number of aryl methyl sites for hydroxylation is 1. The van der Waals surface area contributed by atoms with E-state index in [1.807, 2.05) is 6.92 Å². The quantitative estimate of drug-likeness (QED) is 0.764. The third-order valence-corrected chi connectivity index (χ3v) is 1.92. The molecular formula is C9H13N3O3. The first-order valence-electron chi connectivity index (χ1n) is 4.54. The fourth-order valence-corrected chi connectivity index (χ4v) is 1.14. The molecule has 0 fully saturated rings. The molecule has 0 aliphatic carbocycles. The number of carboxylic acid groups (broad SMARTS) is 1. The highest BCUT2D eigenvalue weighted by molar-refractivity contribution is 5.95. The van der Waals surface area contributed by atoms with Crippen LogP contribution in [-0.4, -0.2) is 45.3 Å². The predicted molar refractivity (Wildman–Crippen MR) is 52.5 cm³/mol. The van der Waals surface area contributed by atoms with E-state index in [0.717, 1.165) is 4.90 Å². The number of amides is 1. The van der Waals surface area contributed by atoms with Crippen LogP contribution in [0.5, 0.6) is 0 Å². The number of rotatable bonds is 4. The molecule has 0 aromatic carbocycles. The van der Waals surface area contributed by atoms with Crippen LogP contribution in [0.1, 0.15) is 17.3 Å². The highest BCUT2D eigenvalue weighted by Gasteiger charge is 2.15. The Labute approximate surface area is 87.1 Å². The monoisotopic (exact) mass is 211 g/mol. The summed E-state index contributed by atoms with van der Waals surface area (Å²) in [5.74, 6) is -1.37. The maximum atomic E-state index is 11.6. The van der Waals surface area contributed by atoms with Crippen molar-refractivity contribution >= 4 is 11.9 Å². The smallest absolute Gasteiger partial charge is 0.323 e. The van der Waals surface area contributed by atoms with Gasteiger partial charge in [-0.3, -0.25) is 14.3 Å². The molecule has 1 rings (SSSR count). The zero-order valence-corrected chi connectivity index (χ0v) is 8.67. The van der Waals surface area contributed by atoms with Gasteiger partial charge in [0, 0.05) is 19.8 Å². The lowest BCUT2D eigenvalue weighted by molar-refractivity contribution is -0.137. The highest BCUT2D eigenvalue weighted by Crippen LogP contribution is 2.02. The number of aromatic nitrogens is 2. The zero-order chi connectivity index (χ0) is 11.4. The van der Waals surface area contributed by atoms with Crippen molar-refractivity contribution in [1.82, 2.24) is 14.7 Å². The van der Waals surface area contributed by atoms with Crippen molar-refractivity contribution in [3.63, 3.8) is 0 Å². The molecule has 15 heavy (non-hydrogen) atoms. The molecule has 0 saturated carbocycles. The van der Waals surface area contributed by atoms with Crippen LogP contribution < -0.4 is 0 Å². The van der Waals surface area contributed by atoms with Gasteiger partial charge in [0.15, 0.2) is 0 Å². The fraction of sp³-hybridized carbons (Fsp3) is 0.444. The number of hydrogen-bond donors (Lipinski definition) is 1. The Balaban J connectivity index is 2.71. The van der Waals surface area contributed by atoms with Gasteiger partial charge in [-0.15, -0.1) is 0 Å². The van der Waals surface area contributed by atoms with Gasteiger partial charge in [-0.2, -0.15) is 5.10 Å². The van der Waals surface area contributed by atoms with Gasteiger partial charge in [-0.25, -0.2) is 0 Å². The van der Waals surface area contributed by atoms with E-state index < -0.39 is 5.97 Å². The van der Waals surface area contributed by atoms with Crippen molar-refractivity contribution in [1.29, 1.82) is 0 Å². The second kappa shape index (κ2) is 4.59. The molecule has 1 aromatic heterocycles. The molecule has 6 nitrogen and oxygen atoms in total. The number of aliphatic carboxylic acids is 1. The van der Waals surface area contributed by atoms with E-state index in [2.05, 4.69) is 5.10 Å². The van der Waals surface area contributed by atoms with Crippen molar-refractivity contribution in [3.05, 3.63) is 18.0 Å². The van der Waals surface area contributed by atoms with Crippen LogP contribution in [0.25, 0.3) is 0 Å². The normalized spacial score (nSPS) is 10.0. The first kappa shape index (κ1) is 11.2. The van der Waals surface area contributed by atoms with Crippen molar-refractivity contribution in [2.45, 2.75) is 13.5 Å². The molecule has 0 atom stereocenters. The Morgan fingerprint density at radius 1 is 1.60 bits per heavy atom. The van der Waals surface area contributed by atoms with Crippen LogP contribution in [0.2, 0.25) is 0 Å². The van der Waals surface area contributed by atoms with Crippen LogP contribution in [0, 0.1) is 0 Å². The van der Waals surface area contributed by atoms with E-state index in [0.29, 0.717) is 12.1 Å². The van der Waals surface area contributed by atoms with Gasteiger partial charge in [0.25, 0.3) is 5.91 Å². The summed E-state index contributed by atoms with van der Waals surface area (Å²) in [6.45, 7) is 2.27. The molecule has 0 spiro atoms. The van der Waals surface area contributed by atoms with Crippen LogP contribution in [0.4, 0.5) is 0 Å². The Morgan fingerprint density at radius 3 is 2.73 bits per heavy atom. The summed E-state index contributed by atoms with van der Waals surface area (Å²) in [6, 6.07) is 0. The van der Waals surface area contributed by atoms with Crippen LogP contribution in [-0.2, 0) is 11.3 Å². The predicted octanol–water partition coefficient (Wildman–Crippen LogP) is 0.0596. The minimum atomic E-state index is -1.03. The molecule has 1 N–H and O–H groups in total. The van der Waals surface area contributed by atoms with Gasteiger partial charge < -0.3 is 10.0 Å². The molecule has 1 amide bonds. The molecule has 0 saturated heterocycles. The molecule has 0 bridgehead atoms. The molecule has 0 aliphatic rings. The second-order valence-electron chi connectivity index (χ2n) is 3.14. The van der Waals surface area contributed by atoms with Gasteiger partial charge in [-0.05, 0) is 6.92 Å². The average Bonchev–Trinajstić information content (AvgIpc) is 2.63. The summed E-state index contributed by atoms with van der Waals surface area (Å²) in [5.41, 5.74) is 0.403. The number of nitrogens with zero attached hydrogens (tertiary/aromatic N) is 3. The lowest BCUT2D eigenvalue weighted by atomic mass is 10.3. The van der Waals surface area contributed by atoms with E-state index in [-0.39, 0.29) is 12.5 Å². The Bertz CT molecular complexity index is 372. The number of carbonyl (C=O) groups is 2. The van der Waals surface area contributed by atoms with E-state index >= 15 is 0 Å². The Kier molecular flexibility index (Phi) is 3.43. The van der Waals surface area contributed by atoms with E-state index in [1.165, 1.54) is 13.2 Å². The van der Waals surface area contributed by atoms with Crippen LogP contribution in [0.3, 0.4) is 0 Å². The lowest BCUT2D eigenvalue weighted by Crippen LogP contribution is -2.31. The third-order valence-electron chi connectivity index (χ3n) is 1.92. The van der Waals surface area contributed by atoms with Gasteiger partial charge >= 0.3 is 5.97 Å². The topological polar surface area (TPSA) is 75.4 Å². The average molecular weight is 211 g/mol. The molecule has 0 radical (unpaired) electrons. The van der Waals surface area contributed by atoms with Gasteiger partial charge in [0.1, 0.15) is 6.54 Å². The molecule has 1 heterocycles. The third kappa shape index (κ3) is 2.80. The molecular weight excluding hydrogens is 198 g/mol. The van der Waals surface area contributed by atoms with E-state index in [9.17, 15) is 9.59 Å². The summed E-state index contributed by atoms with van der Waals surface area (Å²) >= 11 is 0. The second-order valence-corrected chi connectivity index (χ2v) is 3.14. The standard InChI is InChI=1S/C9H13N3O3/c1-3-12-5-7(4-10-12)9(15)11(2)6-8(13)14/h4-5H,3,6H2,1-2H3,(H,13,14). The molecule has 1 aromatic rings. The van der Waals surface area contributed by atoms with Gasteiger partial charge in [0.2, 0.25) is 0 Å². The van der Waals surface area contributed by atoms with Crippen LogP contribution >= 0.6 is 0 Å². The number of hydrogen-bond acceptors (Lipinski definition) is 3. The molecule has 6 heteroatoms. The number of likely N-dealkylation sites (N-methyl/N-ethyl adjacent to an activating group) is 1. The minimum Gasteiger partial charge on any atom is -0.480 e. The lowest BCUT2D eigenvalue weighted by Gasteiger charge is -2.12. The molecule has 82 valence electrons. The van der Waals surface area contributed by atoms with Gasteiger partial charge in [-0.1, -0.05) is 0 Å². The number of carboxylic acids is 1. The molecule has 0 unspecified atom stereocenters. The summed E-state index contributed by atoms with van der Waals surface area (Å²) in [5, 5.41) is 12.5. The van der Waals surface area contributed by atoms with Gasteiger partial charge in [0.05, 0.1) is 11.8 Å². The van der Waals surface area contributed by atoms with E-state index in [1.54, 1.807) is 10.9 Å². The maximum absolute atomic E-state index is 11.6. The molecule has 0 aliphatic heterocycles. The Hall–Kier alpha value is -1.85. The highest BCUT2D eigenvalue weighted by atomic mass is 16.4.